The van der Waals surface area contributed by atoms with E-state index in [1.807, 2.05) is 0 Å². The van der Waals surface area contributed by atoms with E-state index in [1.54, 1.807) is 42.5 Å². The zero-order valence-corrected chi connectivity index (χ0v) is 15.4. The molecule has 3 nitrogen and oxygen atoms in total. The molecule has 2 aromatic carbocycles. The van der Waals surface area contributed by atoms with Crippen LogP contribution in [0.2, 0.25) is 15.1 Å². The highest BCUT2D eigenvalue weighted by molar-refractivity contribution is 6.35. The van der Waals surface area contributed by atoms with Gasteiger partial charge in [-0.15, -0.1) is 0 Å². The van der Waals surface area contributed by atoms with Crippen LogP contribution in [0, 0.1) is 0 Å². The number of hydrogen-bond donors (Lipinski definition) is 0. The molecule has 130 valence electrons. The molecule has 0 unspecified atom stereocenters. The minimum absolute atomic E-state index is 0.171. The van der Waals surface area contributed by atoms with Crippen molar-refractivity contribution in [2.45, 2.75) is 6.61 Å². The molecule has 0 N–H and O–H groups in total. The molecule has 0 aliphatic carbocycles. The molecule has 0 fully saturated rings. The Kier molecular flexibility index (Phi) is 7.38. The summed E-state index contributed by atoms with van der Waals surface area (Å²) in [6.07, 6.45) is 4.43. The van der Waals surface area contributed by atoms with Crippen LogP contribution in [0.3, 0.4) is 0 Å². The molecule has 0 radical (unpaired) electrons. The summed E-state index contributed by atoms with van der Waals surface area (Å²) in [6.45, 7) is 3.91. The van der Waals surface area contributed by atoms with E-state index in [4.69, 9.17) is 44.3 Å². The lowest BCUT2D eigenvalue weighted by Crippen LogP contribution is -1.99. The lowest BCUT2D eigenvalue weighted by atomic mass is 10.2. The van der Waals surface area contributed by atoms with E-state index in [-0.39, 0.29) is 13.2 Å². The fourth-order valence-electron chi connectivity index (χ4n) is 1.89. The van der Waals surface area contributed by atoms with Crippen molar-refractivity contribution in [1.29, 1.82) is 0 Å². The van der Waals surface area contributed by atoms with Crippen LogP contribution < -0.4 is 4.74 Å². The van der Waals surface area contributed by atoms with Crippen molar-refractivity contribution < 1.29 is 14.3 Å². The van der Waals surface area contributed by atoms with Gasteiger partial charge in [0.25, 0.3) is 0 Å². The second kappa shape index (κ2) is 9.52. The third-order valence-corrected chi connectivity index (χ3v) is 3.99. The lowest BCUT2D eigenvalue weighted by molar-refractivity contribution is -0.136. The van der Waals surface area contributed by atoms with Crippen LogP contribution in [-0.2, 0) is 16.1 Å². The summed E-state index contributed by atoms with van der Waals surface area (Å²) in [4.78, 5) is 11.4. The normalized spacial score (nSPS) is 10.7. The molecule has 0 saturated carbocycles. The van der Waals surface area contributed by atoms with Gasteiger partial charge in [0.1, 0.15) is 19.0 Å². The molecule has 25 heavy (non-hydrogen) atoms. The zero-order chi connectivity index (χ0) is 18.2. The predicted octanol–water partition coefficient (Wildman–Crippen LogP) is 5.97. The Labute approximate surface area is 161 Å². The van der Waals surface area contributed by atoms with Gasteiger partial charge >= 0.3 is 5.97 Å². The molecule has 0 saturated heterocycles. The maximum Gasteiger partial charge on any atom is 0.331 e. The van der Waals surface area contributed by atoms with Gasteiger partial charge in [-0.1, -0.05) is 59.6 Å². The number of esters is 1. The number of benzene rings is 2. The Morgan fingerprint density at radius 3 is 2.56 bits per heavy atom. The second-order valence-electron chi connectivity index (χ2n) is 4.97. The Morgan fingerprint density at radius 2 is 1.88 bits per heavy atom. The van der Waals surface area contributed by atoms with Crippen LogP contribution in [0.1, 0.15) is 11.1 Å². The van der Waals surface area contributed by atoms with E-state index in [0.717, 1.165) is 11.1 Å². The molecule has 6 heteroatoms. The first-order valence-corrected chi connectivity index (χ1v) is 8.45. The molecule has 2 aromatic rings. The largest absolute Gasteiger partial charge is 0.487 e. The van der Waals surface area contributed by atoms with Gasteiger partial charge in [-0.3, -0.25) is 0 Å². The van der Waals surface area contributed by atoms with Crippen molar-refractivity contribution >= 4 is 46.8 Å². The van der Waals surface area contributed by atoms with Crippen molar-refractivity contribution in [3.8, 4) is 5.75 Å². The molecule has 0 aliphatic rings. The van der Waals surface area contributed by atoms with Crippen molar-refractivity contribution in [3.63, 3.8) is 0 Å². The van der Waals surface area contributed by atoms with Gasteiger partial charge in [0.2, 0.25) is 0 Å². The highest BCUT2D eigenvalue weighted by Gasteiger charge is 2.06. The quantitative estimate of drug-likeness (QED) is 0.328. The summed E-state index contributed by atoms with van der Waals surface area (Å²) >= 11 is 18.2. The highest BCUT2D eigenvalue weighted by atomic mass is 35.5. The molecule has 0 atom stereocenters. The standard InChI is InChI=1S/C19H15Cl3O3/c1-2-9-24-19(23)8-4-13-3-7-18(17(22)10-13)25-12-14-5-6-15(20)11-16(14)21/h2-8,10-11H,1,9,12H2/b8-4+. The van der Waals surface area contributed by atoms with Crippen LogP contribution in [0.25, 0.3) is 6.08 Å². The van der Waals surface area contributed by atoms with Crippen LogP contribution in [-0.4, -0.2) is 12.6 Å². The first kappa shape index (κ1) is 19.4. The third kappa shape index (κ3) is 6.13. The van der Waals surface area contributed by atoms with Gasteiger partial charge in [-0.2, -0.15) is 0 Å². The molecule has 2 rings (SSSR count). The number of rotatable bonds is 7. The molecule has 0 aliphatic heterocycles. The van der Waals surface area contributed by atoms with Crippen molar-refractivity contribution in [2.75, 3.05) is 6.61 Å². The van der Waals surface area contributed by atoms with Crippen LogP contribution >= 0.6 is 34.8 Å². The van der Waals surface area contributed by atoms with Crippen LogP contribution in [0.5, 0.6) is 5.75 Å². The van der Waals surface area contributed by atoms with Gasteiger partial charge in [0, 0.05) is 21.7 Å². The zero-order valence-electron chi connectivity index (χ0n) is 13.2. The van der Waals surface area contributed by atoms with E-state index in [9.17, 15) is 4.79 Å². The van der Waals surface area contributed by atoms with Crippen LogP contribution in [0.4, 0.5) is 0 Å². The van der Waals surface area contributed by atoms with Crippen LogP contribution in [0.15, 0.2) is 55.1 Å². The molecule has 0 heterocycles. The molecular formula is C19H15Cl3O3. The van der Waals surface area contributed by atoms with Crippen molar-refractivity contribution in [2.24, 2.45) is 0 Å². The Balaban J connectivity index is 2.00. The van der Waals surface area contributed by atoms with Gasteiger partial charge < -0.3 is 9.47 Å². The Morgan fingerprint density at radius 1 is 1.08 bits per heavy atom. The van der Waals surface area contributed by atoms with Gasteiger partial charge in [-0.05, 0) is 35.9 Å². The highest BCUT2D eigenvalue weighted by Crippen LogP contribution is 2.28. The first-order valence-electron chi connectivity index (χ1n) is 7.31. The monoisotopic (exact) mass is 396 g/mol. The summed E-state index contributed by atoms with van der Waals surface area (Å²) in [5, 5.41) is 1.52. The summed E-state index contributed by atoms with van der Waals surface area (Å²) in [5.74, 6) is 0.0628. The molecular weight excluding hydrogens is 383 g/mol. The minimum Gasteiger partial charge on any atom is -0.487 e. The number of halogens is 3. The molecule has 0 spiro atoms. The maximum atomic E-state index is 11.4. The first-order chi connectivity index (χ1) is 12.0. The summed E-state index contributed by atoms with van der Waals surface area (Å²) < 4.78 is 10.5. The number of carbonyl (C=O) groups excluding carboxylic acids is 1. The second-order valence-corrected chi connectivity index (χ2v) is 6.22. The lowest BCUT2D eigenvalue weighted by Gasteiger charge is -2.10. The van der Waals surface area contributed by atoms with E-state index in [1.165, 1.54) is 12.2 Å². The number of hydrogen-bond acceptors (Lipinski definition) is 3. The van der Waals surface area contributed by atoms with E-state index in [0.29, 0.717) is 20.8 Å². The van der Waals surface area contributed by atoms with Gasteiger partial charge in [0.05, 0.1) is 5.02 Å². The van der Waals surface area contributed by atoms with Gasteiger partial charge in [-0.25, -0.2) is 4.79 Å². The summed E-state index contributed by atoms with van der Waals surface area (Å²) in [6, 6.07) is 10.4. The summed E-state index contributed by atoms with van der Waals surface area (Å²) in [5.41, 5.74) is 1.55. The van der Waals surface area contributed by atoms with E-state index in [2.05, 4.69) is 6.58 Å². The van der Waals surface area contributed by atoms with Gasteiger partial charge in [0.15, 0.2) is 0 Å². The summed E-state index contributed by atoms with van der Waals surface area (Å²) in [7, 11) is 0. The fourth-order valence-corrected chi connectivity index (χ4v) is 2.59. The third-order valence-electron chi connectivity index (χ3n) is 3.11. The smallest absolute Gasteiger partial charge is 0.331 e. The average molecular weight is 398 g/mol. The molecule has 0 amide bonds. The Hall–Kier alpha value is -1.94. The molecule has 0 aromatic heterocycles. The van der Waals surface area contributed by atoms with Crippen molar-refractivity contribution in [1.82, 2.24) is 0 Å². The van der Waals surface area contributed by atoms with Crippen molar-refractivity contribution in [3.05, 3.63) is 81.3 Å². The van der Waals surface area contributed by atoms with E-state index >= 15 is 0 Å². The maximum absolute atomic E-state index is 11.4. The van der Waals surface area contributed by atoms with E-state index < -0.39 is 5.97 Å². The predicted molar refractivity (Wildman–Crippen MR) is 102 cm³/mol. The number of carbonyl (C=O) groups is 1. The molecule has 0 bridgehead atoms. The Bertz CT molecular complexity index is 800. The minimum atomic E-state index is -0.450. The SMILES string of the molecule is C=CCOC(=O)/C=C/c1ccc(OCc2ccc(Cl)cc2Cl)c(Cl)c1. The topological polar surface area (TPSA) is 35.5 Å². The number of ether oxygens (including phenoxy) is 2. The fraction of sp³-hybridized carbons (Fsp3) is 0.105. The average Bonchev–Trinajstić information content (AvgIpc) is 2.58.